The first-order valence-corrected chi connectivity index (χ1v) is 6.40. The third-order valence-corrected chi connectivity index (χ3v) is 3.92. The highest BCUT2D eigenvalue weighted by atomic mass is 35.5. The van der Waals surface area contributed by atoms with E-state index in [-0.39, 0.29) is 6.07 Å². The summed E-state index contributed by atoms with van der Waals surface area (Å²) in [5, 5.41) is 0. The number of phosphoric acid groups is 1. The first kappa shape index (κ1) is 12.5. The van der Waals surface area contributed by atoms with E-state index in [1.54, 1.807) is 0 Å². The first-order valence-electron chi connectivity index (χ1n) is 4.40. The second-order valence-electron chi connectivity index (χ2n) is 4.56. The van der Waals surface area contributed by atoms with Crippen LogP contribution in [-0.4, -0.2) is 17.3 Å². The average Bonchev–Trinajstić information content (AvgIpc) is 1.75. The van der Waals surface area contributed by atoms with Crippen LogP contribution >= 0.6 is 19.4 Å². The highest BCUT2D eigenvalue weighted by molar-refractivity contribution is 7.48. The van der Waals surface area contributed by atoms with E-state index in [0.29, 0.717) is 6.42 Å². The molecular weight excluding hydrogens is 227 g/mol. The Morgan fingerprint density at radius 3 is 2.07 bits per heavy atom. The Labute approximate surface area is 89.5 Å². The zero-order chi connectivity index (χ0) is 11.0. The molecule has 1 rings (SSSR count). The van der Waals surface area contributed by atoms with Gasteiger partial charge in [-0.3, -0.25) is 13.6 Å². The van der Waals surface area contributed by atoms with Crippen molar-refractivity contribution in [2.45, 2.75) is 45.3 Å². The summed E-state index contributed by atoms with van der Waals surface area (Å²) in [6.07, 6.45) is 0.648. The van der Waals surface area contributed by atoms with Gasteiger partial charge in [-0.2, -0.15) is 0 Å². The molecular formula is C8H16ClO4P. The van der Waals surface area contributed by atoms with Gasteiger partial charge < -0.3 is 0 Å². The van der Waals surface area contributed by atoms with E-state index in [4.69, 9.17) is 25.2 Å². The van der Waals surface area contributed by atoms with Crippen molar-refractivity contribution < 1.29 is 18.1 Å². The van der Waals surface area contributed by atoms with Crippen LogP contribution in [0.15, 0.2) is 0 Å². The van der Waals surface area contributed by atoms with E-state index in [1.807, 2.05) is 27.7 Å². The summed E-state index contributed by atoms with van der Waals surface area (Å²) >= 11 is 5.36. The molecule has 0 aromatic heterocycles. The van der Waals surface area contributed by atoms with Crippen molar-refractivity contribution in [1.29, 1.82) is 0 Å². The fourth-order valence-corrected chi connectivity index (χ4v) is 3.79. The maximum Gasteiger partial charge on any atom is 0.477 e. The van der Waals surface area contributed by atoms with Gasteiger partial charge in [0.05, 0.1) is 11.2 Å². The molecule has 0 aliphatic carbocycles. The molecule has 0 atom stereocenters. The lowest BCUT2D eigenvalue weighted by atomic mass is 9.93. The van der Waals surface area contributed by atoms with Crippen LogP contribution in [0.2, 0.25) is 0 Å². The van der Waals surface area contributed by atoms with Crippen LogP contribution in [0.4, 0.5) is 0 Å². The van der Waals surface area contributed by atoms with Crippen LogP contribution in [0.1, 0.15) is 34.1 Å². The molecule has 1 aliphatic rings. The van der Waals surface area contributed by atoms with E-state index in [9.17, 15) is 4.57 Å². The summed E-state index contributed by atoms with van der Waals surface area (Å²) in [7, 11) is -3.49. The fraction of sp³-hybridized carbons (Fsp3) is 1.00. The van der Waals surface area contributed by atoms with E-state index in [1.165, 1.54) is 0 Å². The van der Waals surface area contributed by atoms with Crippen molar-refractivity contribution in [3.05, 3.63) is 0 Å². The number of rotatable bonds is 2. The van der Waals surface area contributed by atoms with Gasteiger partial charge in [-0.25, -0.2) is 4.57 Å². The van der Waals surface area contributed by atoms with Crippen LogP contribution < -0.4 is 0 Å². The highest BCUT2D eigenvalue weighted by Crippen LogP contribution is 2.60. The molecule has 14 heavy (non-hydrogen) atoms. The molecule has 0 spiro atoms. The number of hydrogen-bond donors (Lipinski definition) is 0. The molecule has 1 fully saturated rings. The van der Waals surface area contributed by atoms with Gasteiger partial charge in [0, 0.05) is 6.42 Å². The van der Waals surface area contributed by atoms with Crippen molar-refractivity contribution >= 4 is 19.4 Å². The Morgan fingerprint density at radius 2 is 1.71 bits per heavy atom. The lowest BCUT2D eigenvalue weighted by molar-refractivity contribution is -0.0866. The SMILES string of the molecule is CC1(C)CC(C)(C)OP(=O)(OCCl)O1. The standard InChI is InChI=1S/C8H16ClO4P/c1-7(2)5-8(3,4)13-14(10,12-7)11-6-9/h5-6H2,1-4H3. The third-order valence-electron chi connectivity index (χ3n) is 1.78. The van der Waals surface area contributed by atoms with Gasteiger partial charge in [0.2, 0.25) is 0 Å². The van der Waals surface area contributed by atoms with Crippen molar-refractivity contribution in [3.8, 4) is 0 Å². The van der Waals surface area contributed by atoms with E-state index < -0.39 is 19.0 Å². The van der Waals surface area contributed by atoms with Crippen molar-refractivity contribution in [3.63, 3.8) is 0 Å². The van der Waals surface area contributed by atoms with Gasteiger partial charge in [-0.15, -0.1) is 0 Å². The average molecular weight is 243 g/mol. The summed E-state index contributed by atoms with van der Waals surface area (Å²) in [5.41, 5.74) is -1.05. The van der Waals surface area contributed by atoms with Gasteiger partial charge in [-0.1, -0.05) is 11.6 Å². The predicted molar refractivity (Wildman–Crippen MR) is 54.4 cm³/mol. The molecule has 6 heteroatoms. The number of hydrogen-bond acceptors (Lipinski definition) is 4. The van der Waals surface area contributed by atoms with Crippen LogP contribution in [-0.2, 0) is 18.1 Å². The molecule has 0 aromatic rings. The Hall–Kier alpha value is 0.400. The topological polar surface area (TPSA) is 44.8 Å². The minimum atomic E-state index is -3.49. The lowest BCUT2D eigenvalue weighted by Gasteiger charge is -2.42. The highest BCUT2D eigenvalue weighted by Gasteiger charge is 2.48. The smallest absolute Gasteiger partial charge is 0.281 e. The number of halogens is 1. The van der Waals surface area contributed by atoms with Gasteiger partial charge in [0.15, 0.2) is 0 Å². The first-order chi connectivity index (χ1) is 6.18. The van der Waals surface area contributed by atoms with Crippen molar-refractivity contribution in [2.24, 2.45) is 0 Å². The summed E-state index contributed by atoms with van der Waals surface area (Å²) in [4.78, 5) is 0. The van der Waals surface area contributed by atoms with Crippen LogP contribution in [0.5, 0.6) is 0 Å². The molecule has 0 saturated carbocycles. The second-order valence-corrected chi connectivity index (χ2v) is 6.30. The monoisotopic (exact) mass is 242 g/mol. The summed E-state index contributed by atoms with van der Waals surface area (Å²) in [6, 6.07) is -0.205. The zero-order valence-electron chi connectivity index (χ0n) is 8.87. The van der Waals surface area contributed by atoms with E-state index in [0.717, 1.165) is 0 Å². The van der Waals surface area contributed by atoms with Gasteiger partial charge in [0.25, 0.3) is 0 Å². The van der Waals surface area contributed by atoms with E-state index in [2.05, 4.69) is 0 Å². The molecule has 1 aliphatic heterocycles. The quantitative estimate of drug-likeness (QED) is 0.551. The molecule has 1 saturated heterocycles. The van der Waals surface area contributed by atoms with Crippen LogP contribution in [0.3, 0.4) is 0 Å². The Kier molecular flexibility index (Phi) is 3.35. The van der Waals surface area contributed by atoms with Gasteiger partial charge >= 0.3 is 7.82 Å². The minimum Gasteiger partial charge on any atom is -0.281 e. The van der Waals surface area contributed by atoms with Gasteiger partial charge in [0.1, 0.15) is 6.07 Å². The Morgan fingerprint density at radius 1 is 1.29 bits per heavy atom. The Bertz CT molecular complexity index is 244. The molecule has 0 unspecified atom stereocenters. The second kappa shape index (κ2) is 3.76. The maximum atomic E-state index is 11.9. The predicted octanol–water partition coefficient (Wildman–Crippen LogP) is 3.30. The largest absolute Gasteiger partial charge is 0.477 e. The zero-order valence-corrected chi connectivity index (χ0v) is 10.5. The van der Waals surface area contributed by atoms with Crippen LogP contribution in [0, 0.1) is 0 Å². The molecule has 84 valence electrons. The summed E-state index contributed by atoms with van der Waals surface area (Å²) < 4.78 is 27.3. The summed E-state index contributed by atoms with van der Waals surface area (Å²) in [6.45, 7) is 7.39. The molecule has 0 amide bonds. The molecule has 4 nitrogen and oxygen atoms in total. The molecule has 1 heterocycles. The number of phosphoric ester groups is 1. The normalized spacial score (nSPS) is 28.6. The molecule has 0 aromatic carbocycles. The Balaban J connectivity index is 2.86. The van der Waals surface area contributed by atoms with Crippen molar-refractivity contribution in [2.75, 3.05) is 6.07 Å². The van der Waals surface area contributed by atoms with Crippen molar-refractivity contribution in [1.82, 2.24) is 0 Å². The lowest BCUT2D eigenvalue weighted by Crippen LogP contribution is -2.41. The molecule has 0 bridgehead atoms. The maximum absolute atomic E-state index is 11.9. The number of alkyl halides is 1. The summed E-state index contributed by atoms with van der Waals surface area (Å²) in [5.74, 6) is 0. The van der Waals surface area contributed by atoms with Crippen LogP contribution in [0.25, 0.3) is 0 Å². The fourth-order valence-electron chi connectivity index (χ4n) is 1.83. The van der Waals surface area contributed by atoms with Gasteiger partial charge in [-0.05, 0) is 27.7 Å². The molecule has 0 N–H and O–H groups in total. The van der Waals surface area contributed by atoms with E-state index >= 15 is 0 Å². The minimum absolute atomic E-state index is 0.205. The molecule has 0 radical (unpaired) electrons. The third kappa shape index (κ3) is 3.21.